The van der Waals surface area contributed by atoms with Gasteiger partial charge in [0.2, 0.25) is 0 Å². The van der Waals surface area contributed by atoms with Crippen molar-refractivity contribution in [1.29, 1.82) is 0 Å². The van der Waals surface area contributed by atoms with Crippen molar-refractivity contribution in [2.45, 2.75) is 19.4 Å². The number of benzene rings is 2. The molecule has 0 fully saturated rings. The van der Waals surface area contributed by atoms with Crippen molar-refractivity contribution in [3.8, 4) is 11.3 Å². The summed E-state index contributed by atoms with van der Waals surface area (Å²) in [6.45, 7) is 2.08. The second-order valence-electron chi connectivity index (χ2n) is 4.93. The van der Waals surface area contributed by atoms with Crippen LogP contribution in [0.15, 0.2) is 52.9 Å². The second kappa shape index (κ2) is 5.31. The molecule has 3 rings (SSSR count). The van der Waals surface area contributed by atoms with Crippen molar-refractivity contribution in [3.05, 3.63) is 59.1 Å². The van der Waals surface area contributed by atoms with E-state index in [0.717, 1.165) is 34.3 Å². The van der Waals surface area contributed by atoms with Crippen LogP contribution in [-0.2, 0) is 0 Å². The molecule has 1 aromatic heterocycles. The van der Waals surface area contributed by atoms with Gasteiger partial charge in [0.05, 0.1) is 0 Å². The molecule has 2 nitrogen and oxygen atoms in total. The Kier molecular flexibility index (Phi) is 3.51. The Labute approximate surface area is 123 Å². The van der Waals surface area contributed by atoms with E-state index in [0.29, 0.717) is 5.02 Å². The average Bonchev–Trinajstić information content (AvgIpc) is 2.89. The maximum Gasteiger partial charge on any atom is 0.135 e. The normalized spacial score (nSPS) is 12.8. The van der Waals surface area contributed by atoms with Crippen LogP contribution >= 0.6 is 11.6 Å². The van der Waals surface area contributed by atoms with E-state index < -0.39 is 0 Å². The van der Waals surface area contributed by atoms with Crippen LogP contribution in [0.25, 0.3) is 22.3 Å². The highest BCUT2D eigenvalue weighted by molar-refractivity contribution is 6.31. The zero-order valence-electron chi connectivity index (χ0n) is 11.3. The third-order valence-electron chi connectivity index (χ3n) is 3.54. The van der Waals surface area contributed by atoms with Gasteiger partial charge < -0.3 is 10.2 Å². The van der Waals surface area contributed by atoms with Crippen LogP contribution in [0.3, 0.4) is 0 Å². The van der Waals surface area contributed by atoms with E-state index in [1.807, 2.05) is 36.4 Å². The number of nitrogens with two attached hydrogens (primary N) is 1. The third kappa shape index (κ3) is 2.45. The first kappa shape index (κ1) is 13.2. The zero-order chi connectivity index (χ0) is 14.1. The van der Waals surface area contributed by atoms with E-state index in [1.165, 1.54) is 0 Å². The van der Waals surface area contributed by atoms with Gasteiger partial charge in [-0.05, 0) is 36.2 Å². The molecule has 0 aliphatic heterocycles. The summed E-state index contributed by atoms with van der Waals surface area (Å²) >= 11 is 5.99. The van der Waals surface area contributed by atoms with Crippen molar-refractivity contribution < 1.29 is 4.42 Å². The zero-order valence-corrected chi connectivity index (χ0v) is 12.0. The topological polar surface area (TPSA) is 39.2 Å². The van der Waals surface area contributed by atoms with Crippen LogP contribution in [0.4, 0.5) is 0 Å². The van der Waals surface area contributed by atoms with Gasteiger partial charge >= 0.3 is 0 Å². The molecule has 1 unspecified atom stereocenters. The van der Waals surface area contributed by atoms with Gasteiger partial charge in [-0.1, -0.05) is 42.8 Å². The number of furan rings is 1. The maximum absolute atomic E-state index is 6.02. The van der Waals surface area contributed by atoms with E-state index in [-0.39, 0.29) is 6.04 Å². The molecule has 1 atom stereocenters. The number of rotatable bonds is 3. The molecule has 3 heteroatoms. The van der Waals surface area contributed by atoms with Gasteiger partial charge in [0.25, 0.3) is 0 Å². The summed E-state index contributed by atoms with van der Waals surface area (Å²) in [6, 6.07) is 15.9. The number of hydrogen-bond donors (Lipinski definition) is 1. The Hall–Kier alpha value is -1.77. The van der Waals surface area contributed by atoms with Crippen LogP contribution in [-0.4, -0.2) is 0 Å². The summed E-state index contributed by atoms with van der Waals surface area (Å²) in [4.78, 5) is 0. The lowest BCUT2D eigenvalue weighted by Gasteiger charge is -2.09. The number of halogens is 1. The fourth-order valence-electron chi connectivity index (χ4n) is 2.29. The van der Waals surface area contributed by atoms with Gasteiger partial charge in [-0.3, -0.25) is 0 Å². The quantitative estimate of drug-likeness (QED) is 0.721. The van der Waals surface area contributed by atoms with E-state index in [4.69, 9.17) is 21.8 Å². The molecule has 0 bridgehead atoms. The molecule has 1 heterocycles. The molecular formula is C17H16ClNO. The van der Waals surface area contributed by atoms with Crippen molar-refractivity contribution in [3.63, 3.8) is 0 Å². The average molecular weight is 286 g/mol. The van der Waals surface area contributed by atoms with Gasteiger partial charge in [-0.15, -0.1) is 0 Å². The van der Waals surface area contributed by atoms with E-state index >= 15 is 0 Å². The number of hydrogen-bond acceptors (Lipinski definition) is 2. The molecule has 2 N–H and O–H groups in total. The molecule has 0 saturated heterocycles. The van der Waals surface area contributed by atoms with Crippen LogP contribution in [0.1, 0.15) is 24.9 Å². The van der Waals surface area contributed by atoms with Gasteiger partial charge in [-0.2, -0.15) is 0 Å². The minimum atomic E-state index is 0.0959. The van der Waals surface area contributed by atoms with Crippen molar-refractivity contribution in [2.75, 3.05) is 0 Å². The monoisotopic (exact) mass is 285 g/mol. The molecule has 3 aromatic rings. The smallest absolute Gasteiger partial charge is 0.135 e. The van der Waals surface area contributed by atoms with Gasteiger partial charge in [0, 0.05) is 22.0 Å². The Morgan fingerprint density at radius 3 is 2.55 bits per heavy atom. The van der Waals surface area contributed by atoms with E-state index in [2.05, 4.69) is 19.1 Å². The van der Waals surface area contributed by atoms with E-state index in [9.17, 15) is 0 Å². The lowest BCUT2D eigenvalue weighted by molar-refractivity contribution is 0.631. The second-order valence-corrected chi connectivity index (χ2v) is 5.37. The standard InChI is InChI=1S/C17H16ClNO/c1-2-15(19)11-3-5-12(6-4-11)17-10-13-9-14(18)7-8-16(13)20-17/h3-10,15H,2,19H2,1H3. The number of fused-ring (bicyclic) bond motifs is 1. The molecule has 0 aliphatic rings. The summed E-state index contributed by atoms with van der Waals surface area (Å²) < 4.78 is 5.85. The minimum absolute atomic E-state index is 0.0959. The molecule has 2 aromatic carbocycles. The Bertz CT molecular complexity index is 730. The lowest BCUT2D eigenvalue weighted by Crippen LogP contribution is -2.07. The molecule has 0 spiro atoms. The van der Waals surface area contributed by atoms with Crippen LogP contribution in [0, 0.1) is 0 Å². The highest BCUT2D eigenvalue weighted by Crippen LogP contribution is 2.30. The van der Waals surface area contributed by atoms with Crippen molar-refractivity contribution in [1.82, 2.24) is 0 Å². The summed E-state index contributed by atoms with van der Waals surface area (Å²) in [5.41, 5.74) is 9.06. The fraction of sp³-hybridized carbons (Fsp3) is 0.176. The Balaban J connectivity index is 1.98. The SMILES string of the molecule is CCC(N)c1ccc(-c2cc3cc(Cl)ccc3o2)cc1. The predicted octanol–water partition coefficient (Wildman–Crippen LogP) is 5.16. The van der Waals surface area contributed by atoms with Gasteiger partial charge in [0.1, 0.15) is 11.3 Å². The van der Waals surface area contributed by atoms with Crippen LogP contribution < -0.4 is 5.73 Å². The summed E-state index contributed by atoms with van der Waals surface area (Å²) in [5.74, 6) is 0.846. The summed E-state index contributed by atoms with van der Waals surface area (Å²) in [5, 5.41) is 1.73. The first-order valence-corrected chi connectivity index (χ1v) is 7.10. The largest absolute Gasteiger partial charge is 0.456 e. The molecule has 0 saturated carbocycles. The van der Waals surface area contributed by atoms with E-state index in [1.54, 1.807) is 0 Å². The minimum Gasteiger partial charge on any atom is -0.456 e. The molecule has 0 amide bonds. The van der Waals surface area contributed by atoms with Crippen molar-refractivity contribution >= 4 is 22.6 Å². The van der Waals surface area contributed by atoms with Gasteiger partial charge in [0.15, 0.2) is 0 Å². The van der Waals surface area contributed by atoms with Gasteiger partial charge in [-0.25, -0.2) is 0 Å². The fourth-order valence-corrected chi connectivity index (χ4v) is 2.47. The first-order valence-electron chi connectivity index (χ1n) is 6.72. The molecule has 0 radical (unpaired) electrons. The third-order valence-corrected chi connectivity index (χ3v) is 3.78. The summed E-state index contributed by atoms with van der Waals surface area (Å²) in [7, 11) is 0. The Morgan fingerprint density at radius 1 is 1.10 bits per heavy atom. The molecule has 20 heavy (non-hydrogen) atoms. The molecule has 0 aliphatic carbocycles. The molecule has 102 valence electrons. The Morgan fingerprint density at radius 2 is 1.85 bits per heavy atom. The first-order chi connectivity index (χ1) is 9.67. The maximum atomic E-state index is 6.02. The van der Waals surface area contributed by atoms with Crippen molar-refractivity contribution in [2.24, 2.45) is 5.73 Å². The van der Waals surface area contributed by atoms with Crippen LogP contribution in [0.2, 0.25) is 5.02 Å². The lowest BCUT2D eigenvalue weighted by atomic mass is 10.0. The van der Waals surface area contributed by atoms with Crippen LogP contribution in [0.5, 0.6) is 0 Å². The summed E-state index contributed by atoms with van der Waals surface area (Å²) in [6.07, 6.45) is 0.933. The highest BCUT2D eigenvalue weighted by Gasteiger charge is 2.08. The highest BCUT2D eigenvalue weighted by atomic mass is 35.5. The predicted molar refractivity (Wildman–Crippen MR) is 83.9 cm³/mol. The molecular weight excluding hydrogens is 270 g/mol.